The third kappa shape index (κ3) is 5.18. The third-order valence-electron chi connectivity index (χ3n) is 5.73. The first kappa shape index (κ1) is 24.8. The first-order valence-corrected chi connectivity index (χ1v) is 12.0. The molecule has 1 aliphatic rings. The molecule has 0 saturated carbocycles. The summed E-state index contributed by atoms with van der Waals surface area (Å²) >= 11 is 18.8. The summed E-state index contributed by atoms with van der Waals surface area (Å²) in [6.45, 7) is 5.64. The Morgan fingerprint density at radius 3 is 2.41 bits per heavy atom. The fourth-order valence-electron chi connectivity index (χ4n) is 4.07. The van der Waals surface area contributed by atoms with Crippen LogP contribution in [0.2, 0.25) is 15.1 Å². The summed E-state index contributed by atoms with van der Waals surface area (Å²) in [6.07, 6.45) is -0.616. The molecule has 1 aromatic heterocycles. The maximum absolute atomic E-state index is 11.7. The van der Waals surface area contributed by atoms with Crippen LogP contribution < -0.4 is 4.74 Å². The number of carbonyl (C=O) groups is 1. The lowest BCUT2D eigenvalue weighted by Crippen LogP contribution is -2.38. The topological polar surface area (TPSA) is 68.7 Å². The average Bonchev–Trinajstić information content (AvgIpc) is 2.76. The van der Waals surface area contributed by atoms with Crippen LogP contribution in [-0.2, 0) is 9.53 Å². The highest BCUT2D eigenvalue weighted by Crippen LogP contribution is 2.46. The predicted octanol–water partition coefficient (Wildman–Crippen LogP) is 7.86. The van der Waals surface area contributed by atoms with Gasteiger partial charge >= 0.3 is 5.97 Å². The molecule has 0 fully saturated rings. The van der Waals surface area contributed by atoms with Gasteiger partial charge in [0.2, 0.25) is 5.88 Å². The maximum atomic E-state index is 11.7. The Morgan fingerprint density at radius 2 is 1.79 bits per heavy atom. The van der Waals surface area contributed by atoms with E-state index in [1.54, 1.807) is 31.2 Å². The van der Waals surface area contributed by atoms with Crippen molar-refractivity contribution in [1.82, 2.24) is 4.98 Å². The molecule has 2 heterocycles. The molecule has 2 atom stereocenters. The van der Waals surface area contributed by atoms with Crippen molar-refractivity contribution in [2.24, 2.45) is 0 Å². The number of nitrogens with zero attached hydrogens (tertiary/aromatic N) is 1. The molecule has 2 aromatic carbocycles. The van der Waals surface area contributed by atoms with E-state index >= 15 is 0 Å². The number of rotatable bonds is 6. The largest absolute Gasteiger partial charge is 0.479 e. The van der Waals surface area contributed by atoms with Crippen molar-refractivity contribution in [2.75, 3.05) is 0 Å². The zero-order valence-electron chi connectivity index (χ0n) is 18.9. The Labute approximate surface area is 213 Å². The minimum absolute atomic E-state index is 0.346. The van der Waals surface area contributed by atoms with Crippen molar-refractivity contribution in [1.29, 1.82) is 0 Å². The lowest BCUT2D eigenvalue weighted by atomic mass is 9.89. The predicted molar refractivity (Wildman–Crippen MR) is 135 cm³/mol. The minimum Gasteiger partial charge on any atom is -0.479 e. The highest BCUT2D eigenvalue weighted by Gasteiger charge is 2.38. The second kappa shape index (κ2) is 9.74. The highest BCUT2D eigenvalue weighted by molar-refractivity contribution is 6.36. The summed E-state index contributed by atoms with van der Waals surface area (Å²) in [5.41, 5.74) is 3.06. The molecule has 0 saturated heterocycles. The van der Waals surface area contributed by atoms with E-state index in [9.17, 15) is 9.90 Å². The van der Waals surface area contributed by atoms with Gasteiger partial charge in [0.15, 0.2) is 6.10 Å². The van der Waals surface area contributed by atoms with Crippen molar-refractivity contribution in [2.45, 2.75) is 51.4 Å². The second-order valence-corrected chi connectivity index (χ2v) is 10.1. The summed E-state index contributed by atoms with van der Waals surface area (Å²) in [4.78, 5) is 16.6. The molecule has 5 nitrogen and oxygen atoms in total. The number of fused-ring (bicyclic) bond motifs is 1. The number of halogens is 3. The molecule has 1 N–H and O–H groups in total. The van der Waals surface area contributed by atoms with Gasteiger partial charge in [0, 0.05) is 33.2 Å². The van der Waals surface area contributed by atoms with Crippen molar-refractivity contribution in [3.63, 3.8) is 0 Å². The van der Waals surface area contributed by atoms with Crippen LogP contribution in [0.5, 0.6) is 5.88 Å². The maximum Gasteiger partial charge on any atom is 0.332 e. The molecule has 1 aliphatic heterocycles. The van der Waals surface area contributed by atoms with Crippen LogP contribution in [0, 0.1) is 0 Å². The molecule has 0 radical (unpaired) electrons. The molecule has 178 valence electrons. The standard InChI is InChI=1S/C26H24Cl3NO4/c1-4-21(25(31)32)33-22-13-26(2,3)34-24-19(22)12-18(14-5-7-15(27)8-6-14)23(30-24)17-10-9-16(28)11-20(17)29/h5-12,21-22H,4,13H2,1-3H3,(H,31,32). The Morgan fingerprint density at radius 1 is 1.12 bits per heavy atom. The Bertz CT molecular complexity index is 1230. The van der Waals surface area contributed by atoms with Gasteiger partial charge in [-0.1, -0.05) is 53.9 Å². The average molecular weight is 521 g/mol. The van der Waals surface area contributed by atoms with Gasteiger partial charge in [-0.25, -0.2) is 9.78 Å². The van der Waals surface area contributed by atoms with Crippen LogP contribution in [0.25, 0.3) is 22.4 Å². The van der Waals surface area contributed by atoms with E-state index in [0.29, 0.717) is 50.6 Å². The fraction of sp³-hybridized carbons (Fsp3) is 0.308. The highest BCUT2D eigenvalue weighted by atomic mass is 35.5. The van der Waals surface area contributed by atoms with Gasteiger partial charge in [0.25, 0.3) is 0 Å². The summed E-state index contributed by atoms with van der Waals surface area (Å²) in [6, 6.07) is 14.6. The lowest BCUT2D eigenvalue weighted by molar-refractivity contribution is -0.158. The summed E-state index contributed by atoms with van der Waals surface area (Å²) in [5.74, 6) is -0.607. The van der Waals surface area contributed by atoms with E-state index in [1.165, 1.54) is 0 Å². The number of benzene rings is 2. The molecule has 34 heavy (non-hydrogen) atoms. The van der Waals surface area contributed by atoms with Crippen molar-refractivity contribution in [3.8, 4) is 28.3 Å². The van der Waals surface area contributed by atoms with Crippen LogP contribution in [0.15, 0.2) is 48.5 Å². The van der Waals surface area contributed by atoms with Crippen LogP contribution >= 0.6 is 34.8 Å². The molecular weight excluding hydrogens is 497 g/mol. The number of aliphatic carboxylic acids is 1. The first-order valence-electron chi connectivity index (χ1n) is 10.9. The second-order valence-electron chi connectivity index (χ2n) is 8.84. The zero-order chi connectivity index (χ0) is 24.6. The van der Waals surface area contributed by atoms with E-state index < -0.39 is 23.8 Å². The number of ether oxygens (including phenoxy) is 2. The third-order valence-corrected chi connectivity index (χ3v) is 6.53. The Kier molecular flexibility index (Phi) is 7.11. The Hall–Kier alpha value is -2.31. The monoisotopic (exact) mass is 519 g/mol. The quantitative estimate of drug-likeness (QED) is 0.358. The molecular formula is C26H24Cl3NO4. The van der Waals surface area contributed by atoms with Crippen molar-refractivity contribution in [3.05, 3.63) is 69.2 Å². The normalized spacial score (nSPS) is 17.5. The fourth-order valence-corrected chi connectivity index (χ4v) is 4.69. The van der Waals surface area contributed by atoms with E-state index in [0.717, 1.165) is 11.1 Å². The van der Waals surface area contributed by atoms with Gasteiger partial charge in [0.1, 0.15) is 5.60 Å². The zero-order valence-corrected chi connectivity index (χ0v) is 21.2. The van der Waals surface area contributed by atoms with Crippen molar-refractivity contribution >= 4 is 40.8 Å². The molecule has 3 aromatic rings. The molecule has 0 bridgehead atoms. The van der Waals surface area contributed by atoms with Gasteiger partial charge in [-0.05, 0) is 62.2 Å². The molecule has 0 amide bonds. The van der Waals surface area contributed by atoms with Crippen molar-refractivity contribution < 1.29 is 19.4 Å². The van der Waals surface area contributed by atoms with E-state index in [4.69, 9.17) is 49.3 Å². The minimum atomic E-state index is -0.996. The van der Waals surface area contributed by atoms with E-state index in [2.05, 4.69) is 0 Å². The smallest absolute Gasteiger partial charge is 0.332 e. The molecule has 4 rings (SSSR count). The van der Waals surface area contributed by atoms with Gasteiger partial charge in [0.05, 0.1) is 16.8 Å². The number of carboxylic acids is 1. The summed E-state index contributed by atoms with van der Waals surface area (Å²) in [7, 11) is 0. The molecule has 2 unspecified atom stereocenters. The summed E-state index contributed by atoms with van der Waals surface area (Å²) < 4.78 is 12.3. The van der Waals surface area contributed by atoms with E-state index in [-0.39, 0.29) is 0 Å². The van der Waals surface area contributed by atoms with Crippen LogP contribution in [0.4, 0.5) is 0 Å². The van der Waals surface area contributed by atoms with Gasteiger partial charge in [-0.15, -0.1) is 0 Å². The van der Waals surface area contributed by atoms with Gasteiger partial charge in [-0.2, -0.15) is 0 Å². The van der Waals surface area contributed by atoms with E-state index in [1.807, 2.05) is 38.1 Å². The number of hydrogen-bond donors (Lipinski definition) is 1. The number of aromatic nitrogens is 1. The summed E-state index contributed by atoms with van der Waals surface area (Å²) in [5, 5.41) is 11.2. The van der Waals surface area contributed by atoms with Crippen LogP contribution in [0.3, 0.4) is 0 Å². The van der Waals surface area contributed by atoms with Gasteiger partial charge < -0.3 is 14.6 Å². The molecule has 0 aliphatic carbocycles. The van der Waals surface area contributed by atoms with Gasteiger partial charge in [-0.3, -0.25) is 0 Å². The first-order chi connectivity index (χ1) is 16.1. The number of carboxylic acid groups (broad SMARTS) is 1. The lowest BCUT2D eigenvalue weighted by Gasteiger charge is -2.38. The number of pyridine rings is 1. The van der Waals surface area contributed by atoms with Crippen LogP contribution in [-0.4, -0.2) is 27.8 Å². The number of hydrogen-bond acceptors (Lipinski definition) is 4. The van der Waals surface area contributed by atoms with Crippen LogP contribution in [0.1, 0.15) is 45.3 Å². The Balaban J connectivity index is 1.93. The molecule has 0 spiro atoms. The molecule has 8 heteroatoms. The SMILES string of the molecule is CCC(OC1CC(C)(C)Oc2nc(-c3ccc(Cl)cc3Cl)c(-c3ccc(Cl)cc3)cc21)C(=O)O.